The highest BCUT2D eigenvalue weighted by molar-refractivity contribution is 6.30. The van der Waals surface area contributed by atoms with Crippen molar-refractivity contribution in [2.75, 3.05) is 12.4 Å². The van der Waals surface area contributed by atoms with Gasteiger partial charge in [0.15, 0.2) is 5.82 Å². The van der Waals surface area contributed by atoms with E-state index in [1.165, 1.54) is 0 Å². The molecular weight excluding hydrogens is 327 g/mol. The van der Waals surface area contributed by atoms with E-state index in [2.05, 4.69) is 15.5 Å². The molecular formula is C14H18Cl2N4O2. The van der Waals surface area contributed by atoms with Gasteiger partial charge >= 0.3 is 0 Å². The summed E-state index contributed by atoms with van der Waals surface area (Å²) in [7, 11) is 1.61. The summed E-state index contributed by atoms with van der Waals surface area (Å²) in [5.41, 5.74) is 6.53. The van der Waals surface area contributed by atoms with Gasteiger partial charge in [0.2, 0.25) is 5.89 Å². The zero-order valence-electron chi connectivity index (χ0n) is 12.1. The maximum atomic E-state index is 6.17. The summed E-state index contributed by atoms with van der Waals surface area (Å²) in [5.74, 6) is 1.78. The van der Waals surface area contributed by atoms with Crippen LogP contribution in [0, 0.1) is 0 Å². The van der Waals surface area contributed by atoms with Gasteiger partial charge in [-0.15, -0.1) is 12.4 Å². The van der Waals surface area contributed by atoms with Crippen LogP contribution in [0.2, 0.25) is 5.02 Å². The second kappa shape index (κ2) is 6.73. The molecule has 2 aromatic rings. The molecule has 1 aromatic heterocycles. The first kappa shape index (κ1) is 16.9. The molecule has 8 heteroatoms. The summed E-state index contributed by atoms with van der Waals surface area (Å²) in [5, 5.41) is 7.77. The number of ether oxygens (including phenoxy) is 1. The van der Waals surface area contributed by atoms with Crippen molar-refractivity contribution in [3.63, 3.8) is 0 Å². The molecule has 1 saturated carbocycles. The van der Waals surface area contributed by atoms with E-state index in [1.54, 1.807) is 25.3 Å². The fraction of sp³-hybridized carbons (Fsp3) is 0.429. The van der Waals surface area contributed by atoms with Crippen LogP contribution < -0.4 is 15.8 Å². The van der Waals surface area contributed by atoms with E-state index in [-0.39, 0.29) is 12.4 Å². The summed E-state index contributed by atoms with van der Waals surface area (Å²) in [6, 6.07) is 5.35. The smallest absolute Gasteiger partial charge is 0.246 e. The lowest BCUT2D eigenvalue weighted by Gasteiger charge is -2.34. The Morgan fingerprint density at radius 2 is 2.23 bits per heavy atom. The van der Waals surface area contributed by atoms with Crippen LogP contribution >= 0.6 is 24.0 Å². The number of hydrogen-bond acceptors (Lipinski definition) is 6. The Labute approximate surface area is 139 Å². The van der Waals surface area contributed by atoms with Gasteiger partial charge in [-0.05, 0) is 37.5 Å². The minimum absolute atomic E-state index is 0. The Morgan fingerprint density at radius 3 is 2.86 bits per heavy atom. The summed E-state index contributed by atoms with van der Waals surface area (Å²) >= 11 is 5.98. The van der Waals surface area contributed by atoms with Gasteiger partial charge < -0.3 is 20.3 Å². The third kappa shape index (κ3) is 3.29. The van der Waals surface area contributed by atoms with E-state index in [1.807, 2.05) is 0 Å². The van der Waals surface area contributed by atoms with Crippen molar-refractivity contribution in [3.8, 4) is 5.75 Å². The number of nitrogens with one attached hydrogen (secondary N) is 1. The molecule has 1 aliphatic rings. The minimum atomic E-state index is -0.407. The first-order valence-electron chi connectivity index (χ1n) is 6.80. The number of aromatic nitrogens is 2. The molecule has 0 amide bonds. The largest absolute Gasteiger partial charge is 0.495 e. The molecule has 1 aromatic carbocycles. The number of halogens is 2. The van der Waals surface area contributed by atoms with Crippen molar-refractivity contribution in [2.24, 2.45) is 5.73 Å². The molecule has 3 rings (SSSR count). The van der Waals surface area contributed by atoms with Gasteiger partial charge in [-0.2, -0.15) is 4.98 Å². The SMILES string of the molecule is COc1ccc(Cl)cc1NCc1nc(C2(N)CCC2)no1.Cl. The molecule has 0 spiro atoms. The summed E-state index contributed by atoms with van der Waals surface area (Å²) in [6.45, 7) is 0.389. The third-order valence-corrected chi connectivity index (χ3v) is 3.99. The highest BCUT2D eigenvalue weighted by atomic mass is 35.5. The zero-order chi connectivity index (χ0) is 14.9. The summed E-state index contributed by atoms with van der Waals surface area (Å²) in [6.07, 6.45) is 2.92. The van der Waals surface area contributed by atoms with Gasteiger partial charge in [0.1, 0.15) is 5.75 Å². The molecule has 3 N–H and O–H groups in total. The van der Waals surface area contributed by atoms with Crippen LogP contribution in [0.1, 0.15) is 31.0 Å². The van der Waals surface area contributed by atoms with Crippen molar-refractivity contribution in [2.45, 2.75) is 31.3 Å². The Balaban J connectivity index is 0.00000176. The number of anilines is 1. The molecule has 0 aliphatic heterocycles. The van der Waals surface area contributed by atoms with Gasteiger partial charge in [0.25, 0.3) is 0 Å². The Hall–Kier alpha value is -1.50. The highest BCUT2D eigenvalue weighted by Gasteiger charge is 2.38. The second-order valence-electron chi connectivity index (χ2n) is 5.22. The van der Waals surface area contributed by atoms with Gasteiger partial charge in [-0.25, -0.2) is 0 Å². The van der Waals surface area contributed by atoms with E-state index in [9.17, 15) is 0 Å². The monoisotopic (exact) mass is 344 g/mol. The summed E-state index contributed by atoms with van der Waals surface area (Å²) in [4.78, 5) is 4.36. The van der Waals surface area contributed by atoms with Gasteiger partial charge in [0.05, 0.1) is 24.9 Å². The van der Waals surface area contributed by atoms with E-state index < -0.39 is 5.54 Å². The molecule has 0 unspecified atom stereocenters. The third-order valence-electron chi connectivity index (χ3n) is 3.75. The number of benzene rings is 1. The minimum Gasteiger partial charge on any atom is -0.495 e. The van der Waals surface area contributed by atoms with E-state index >= 15 is 0 Å². The maximum absolute atomic E-state index is 6.17. The Morgan fingerprint density at radius 1 is 1.45 bits per heavy atom. The lowest BCUT2D eigenvalue weighted by atomic mass is 9.77. The molecule has 0 bridgehead atoms. The molecule has 1 aliphatic carbocycles. The Kier molecular flexibility index (Phi) is 5.16. The van der Waals surface area contributed by atoms with Crippen molar-refractivity contribution in [1.82, 2.24) is 10.1 Å². The van der Waals surface area contributed by atoms with Crippen molar-refractivity contribution >= 4 is 29.7 Å². The molecule has 0 radical (unpaired) electrons. The lowest BCUT2D eigenvalue weighted by Crippen LogP contribution is -2.44. The van der Waals surface area contributed by atoms with Crippen LogP contribution in [0.25, 0.3) is 0 Å². The highest BCUT2D eigenvalue weighted by Crippen LogP contribution is 2.37. The predicted octanol–water partition coefficient (Wildman–Crippen LogP) is 3.10. The maximum Gasteiger partial charge on any atom is 0.246 e. The molecule has 1 heterocycles. The topological polar surface area (TPSA) is 86.2 Å². The average molecular weight is 345 g/mol. The van der Waals surface area contributed by atoms with Crippen LogP contribution in [0.3, 0.4) is 0 Å². The Bertz CT molecular complexity index is 644. The van der Waals surface area contributed by atoms with Crippen LogP contribution in [-0.4, -0.2) is 17.3 Å². The summed E-state index contributed by atoms with van der Waals surface area (Å²) < 4.78 is 10.5. The van der Waals surface area contributed by atoms with Crippen molar-refractivity contribution < 1.29 is 9.26 Å². The number of hydrogen-bond donors (Lipinski definition) is 2. The van der Waals surface area contributed by atoms with Gasteiger partial charge in [-0.3, -0.25) is 0 Å². The van der Waals surface area contributed by atoms with Crippen LogP contribution in [0.15, 0.2) is 22.7 Å². The zero-order valence-corrected chi connectivity index (χ0v) is 13.7. The first-order valence-corrected chi connectivity index (χ1v) is 7.18. The van der Waals surface area contributed by atoms with Crippen molar-refractivity contribution in [1.29, 1.82) is 0 Å². The first-order chi connectivity index (χ1) is 10.1. The second-order valence-corrected chi connectivity index (χ2v) is 5.66. The van der Waals surface area contributed by atoms with Crippen LogP contribution in [0.5, 0.6) is 5.75 Å². The molecule has 0 atom stereocenters. The number of nitrogens with zero attached hydrogens (tertiary/aromatic N) is 2. The average Bonchev–Trinajstić information content (AvgIpc) is 2.92. The number of rotatable bonds is 5. The predicted molar refractivity (Wildman–Crippen MR) is 86.6 cm³/mol. The van der Waals surface area contributed by atoms with Gasteiger partial charge in [-0.1, -0.05) is 16.8 Å². The van der Waals surface area contributed by atoms with E-state index in [0.29, 0.717) is 29.0 Å². The number of methoxy groups -OCH3 is 1. The molecule has 0 saturated heterocycles. The van der Waals surface area contributed by atoms with E-state index in [0.717, 1.165) is 24.9 Å². The lowest BCUT2D eigenvalue weighted by molar-refractivity contribution is 0.229. The van der Waals surface area contributed by atoms with Crippen LogP contribution in [0.4, 0.5) is 5.69 Å². The van der Waals surface area contributed by atoms with Crippen LogP contribution in [-0.2, 0) is 12.1 Å². The molecule has 22 heavy (non-hydrogen) atoms. The van der Waals surface area contributed by atoms with Gasteiger partial charge in [0, 0.05) is 5.02 Å². The fourth-order valence-electron chi connectivity index (χ4n) is 2.30. The quantitative estimate of drug-likeness (QED) is 0.866. The normalized spacial score (nSPS) is 15.6. The molecule has 1 fully saturated rings. The van der Waals surface area contributed by atoms with E-state index in [4.69, 9.17) is 26.6 Å². The fourth-order valence-corrected chi connectivity index (χ4v) is 2.47. The van der Waals surface area contributed by atoms with Crippen molar-refractivity contribution in [3.05, 3.63) is 34.9 Å². The molecule has 6 nitrogen and oxygen atoms in total. The standard InChI is InChI=1S/C14H17ClN4O2.ClH/c1-20-11-4-3-9(15)7-10(11)17-8-12-18-13(19-21-12)14(16)5-2-6-14;/h3-4,7,17H,2,5-6,8,16H2,1H3;1H. The number of nitrogens with two attached hydrogens (primary N) is 1. The molecule has 120 valence electrons.